The Hall–Kier alpha value is -0.910. The molecule has 1 aromatic rings. The summed E-state index contributed by atoms with van der Waals surface area (Å²) in [5.41, 5.74) is 0.608. The molecule has 0 bridgehead atoms. The molecule has 94 valence electrons. The second-order valence-electron chi connectivity index (χ2n) is 4.45. The second kappa shape index (κ2) is 5.16. The van der Waals surface area contributed by atoms with Crippen LogP contribution in [0.15, 0.2) is 29.2 Å². The lowest BCUT2D eigenvalue weighted by molar-refractivity contribution is 0.281. The molecule has 1 aromatic carbocycles. The number of aliphatic hydroxyl groups is 1. The smallest absolute Gasteiger partial charge is 0.240 e. The van der Waals surface area contributed by atoms with Crippen molar-refractivity contribution in [3.63, 3.8) is 0 Å². The maximum atomic E-state index is 12.0. The molecule has 0 heterocycles. The van der Waals surface area contributed by atoms with Gasteiger partial charge in [0.25, 0.3) is 0 Å². The van der Waals surface area contributed by atoms with E-state index in [-0.39, 0.29) is 11.5 Å². The highest BCUT2D eigenvalue weighted by molar-refractivity contribution is 7.89. The minimum atomic E-state index is -3.43. The highest BCUT2D eigenvalue weighted by Gasteiger charge is 2.21. The lowest BCUT2D eigenvalue weighted by Gasteiger charge is -2.25. The zero-order chi connectivity index (χ0) is 12.3. The molecular weight excluding hydrogens is 238 g/mol. The number of hydrogen-bond donors (Lipinski definition) is 2. The maximum Gasteiger partial charge on any atom is 0.240 e. The molecular formula is C12H17NO3S. The normalized spacial score (nSPS) is 16.8. The summed E-state index contributed by atoms with van der Waals surface area (Å²) in [6.45, 7) is 0.373. The van der Waals surface area contributed by atoms with Gasteiger partial charge in [-0.2, -0.15) is 0 Å². The van der Waals surface area contributed by atoms with E-state index >= 15 is 0 Å². The monoisotopic (exact) mass is 255 g/mol. The third-order valence-electron chi connectivity index (χ3n) is 3.18. The average Bonchev–Trinajstić information content (AvgIpc) is 2.27. The van der Waals surface area contributed by atoms with Crippen molar-refractivity contribution < 1.29 is 13.5 Å². The van der Waals surface area contributed by atoms with Crippen molar-refractivity contribution in [1.29, 1.82) is 0 Å². The van der Waals surface area contributed by atoms with Crippen LogP contribution in [-0.4, -0.2) is 20.1 Å². The lowest BCUT2D eigenvalue weighted by Crippen LogP contribution is -2.32. The third kappa shape index (κ3) is 3.06. The molecule has 4 nitrogen and oxygen atoms in total. The van der Waals surface area contributed by atoms with Gasteiger partial charge in [-0.15, -0.1) is 0 Å². The van der Waals surface area contributed by atoms with Crippen LogP contribution in [0.2, 0.25) is 0 Å². The molecule has 2 rings (SSSR count). The fourth-order valence-corrected chi connectivity index (χ4v) is 3.00. The van der Waals surface area contributed by atoms with Crippen molar-refractivity contribution in [2.45, 2.75) is 30.8 Å². The van der Waals surface area contributed by atoms with Gasteiger partial charge >= 0.3 is 0 Å². The van der Waals surface area contributed by atoms with Gasteiger partial charge in [-0.05, 0) is 36.5 Å². The highest BCUT2D eigenvalue weighted by Crippen LogP contribution is 2.25. The molecule has 0 radical (unpaired) electrons. The Balaban J connectivity index is 2.07. The van der Waals surface area contributed by atoms with Crippen molar-refractivity contribution >= 4 is 10.0 Å². The molecule has 0 saturated heterocycles. The summed E-state index contributed by atoms with van der Waals surface area (Å²) >= 11 is 0. The Morgan fingerprint density at radius 1 is 1.35 bits per heavy atom. The molecule has 0 unspecified atom stereocenters. The topological polar surface area (TPSA) is 66.4 Å². The van der Waals surface area contributed by atoms with Crippen molar-refractivity contribution in [3.05, 3.63) is 29.8 Å². The summed E-state index contributed by atoms with van der Waals surface area (Å²) in [5.74, 6) is 0.491. The fraction of sp³-hybridized carbons (Fsp3) is 0.500. The van der Waals surface area contributed by atoms with Gasteiger partial charge in [-0.3, -0.25) is 0 Å². The summed E-state index contributed by atoms with van der Waals surface area (Å²) in [5, 5.41) is 8.98. The van der Waals surface area contributed by atoms with Gasteiger partial charge in [0, 0.05) is 6.54 Å². The Bertz CT molecular complexity index is 480. The molecule has 0 aromatic heterocycles. The predicted octanol–water partition coefficient (Wildman–Crippen LogP) is 1.26. The average molecular weight is 255 g/mol. The first kappa shape index (κ1) is 12.5. The van der Waals surface area contributed by atoms with Crippen LogP contribution in [0.5, 0.6) is 0 Å². The molecule has 1 saturated carbocycles. The molecule has 0 amide bonds. The van der Waals surface area contributed by atoms with Crippen LogP contribution in [0.1, 0.15) is 24.8 Å². The maximum absolute atomic E-state index is 12.0. The Labute approximate surface area is 102 Å². The first-order valence-electron chi connectivity index (χ1n) is 5.81. The van der Waals surface area contributed by atoms with Gasteiger partial charge < -0.3 is 5.11 Å². The number of benzene rings is 1. The standard InChI is InChI=1S/C12H17NO3S/c14-9-11-5-2-6-12(7-11)17(15,16)13-8-10-3-1-4-10/h2,5-7,10,13-14H,1,3-4,8-9H2. The summed E-state index contributed by atoms with van der Waals surface area (Å²) in [7, 11) is -3.43. The van der Waals surface area contributed by atoms with Crippen molar-refractivity contribution in [3.8, 4) is 0 Å². The first-order chi connectivity index (χ1) is 8.12. The van der Waals surface area contributed by atoms with Crippen molar-refractivity contribution in [2.75, 3.05) is 6.54 Å². The lowest BCUT2D eigenvalue weighted by atomic mass is 9.86. The van der Waals surface area contributed by atoms with Gasteiger partial charge in [0.1, 0.15) is 0 Å². The minimum Gasteiger partial charge on any atom is -0.392 e. The quantitative estimate of drug-likeness (QED) is 0.832. The first-order valence-corrected chi connectivity index (χ1v) is 7.29. The minimum absolute atomic E-state index is 0.147. The molecule has 1 fully saturated rings. The molecule has 1 aliphatic carbocycles. The summed E-state index contributed by atoms with van der Waals surface area (Å²) in [6.07, 6.45) is 3.42. The van der Waals surface area contributed by atoms with Crippen LogP contribution in [0.3, 0.4) is 0 Å². The van der Waals surface area contributed by atoms with Crippen LogP contribution in [-0.2, 0) is 16.6 Å². The van der Waals surface area contributed by atoms with E-state index in [4.69, 9.17) is 5.11 Å². The molecule has 17 heavy (non-hydrogen) atoms. The number of rotatable bonds is 5. The predicted molar refractivity (Wildman–Crippen MR) is 64.9 cm³/mol. The summed E-state index contributed by atoms with van der Waals surface area (Å²) in [4.78, 5) is 0.225. The largest absolute Gasteiger partial charge is 0.392 e. The van der Waals surface area contributed by atoms with E-state index in [2.05, 4.69) is 4.72 Å². The summed E-state index contributed by atoms with van der Waals surface area (Å²) < 4.78 is 26.5. The van der Waals surface area contributed by atoms with Gasteiger partial charge in [0.15, 0.2) is 0 Å². The van der Waals surface area contributed by atoms with E-state index < -0.39 is 10.0 Å². The fourth-order valence-electron chi connectivity index (χ4n) is 1.82. The third-order valence-corrected chi connectivity index (χ3v) is 4.60. The van der Waals surface area contributed by atoms with Crippen LogP contribution in [0.25, 0.3) is 0 Å². The summed E-state index contributed by atoms with van der Waals surface area (Å²) in [6, 6.07) is 6.39. The van der Waals surface area contributed by atoms with Crippen LogP contribution in [0.4, 0.5) is 0 Å². The van der Waals surface area contributed by atoms with Gasteiger partial charge in [0.05, 0.1) is 11.5 Å². The Kier molecular flexibility index (Phi) is 3.81. The van der Waals surface area contributed by atoms with Gasteiger partial charge in [0.2, 0.25) is 10.0 Å². The SMILES string of the molecule is O=S(=O)(NCC1CCC1)c1cccc(CO)c1. The number of aliphatic hydroxyl groups excluding tert-OH is 1. The van der Waals surface area contributed by atoms with E-state index in [1.807, 2.05) is 0 Å². The molecule has 1 aliphatic rings. The zero-order valence-electron chi connectivity index (χ0n) is 9.59. The van der Waals surface area contributed by atoms with E-state index in [9.17, 15) is 8.42 Å². The van der Waals surface area contributed by atoms with Crippen LogP contribution in [0, 0.1) is 5.92 Å². The van der Waals surface area contributed by atoms with Crippen molar-refractivity contribution in [2.24, 2.45) is 5.92 Å². The van der Waals surface area contributed by atoms with E-state index in [0.717, 1.165) is 12.8 Å². The Morgan fingerprint density at radius 3 is 2.71 bits per heavy atom. The highest BCUT2D eigenvalue weighted by atomic mass is 32.2. The van der Waals surface area contributed by atoms with E-state index in [1.54, 1.807) is 18.2 Å². The van der Waals surface area contributed by atoms with Crippen molar-refractivity contribution in [1.82, 2.24) is 4.72 Å². The molecule has 5 heteroatoms. The number of hydrogen-bond acceptors (Lipinski definition) is 3. The van der Waals surface area contributed by atoms with E-state index in [0.29, 0.717) is 18.0 Å². The molecule has 0 aliphatic heterocycles. The van der Waals surface area contributed by atoms with Crippen LogP contribution >= 0.6 is 0 Å². The molecule has 0 atom stereocenters. The number of sulfonamides is 1. The number of nitrogens with one attached hydrogen (secondary N) is 1. The molecule has 0 spiro atoms. The van der Waals surface area contributed by atoms with E-state index in [1.165, 1.54) is 12.5 Å². The Morgan fingerprint density at radius 2 is 2.12 bits per heavy atom. The van der Waals surface area contributed by atoms with Crippen LogP contribution < -0.4 is 4.72 Å². The van der Waals surface area contributed by atoms with Gasteiger partial charge in [-0.25, -0.2) is 13.1 Å². The molecule has 2 N–H and O–H groups in total. The zero-order valence-corrected chi connectivity index (χ0v) is 10.4. The second-order valence-corrected chi connectivity index (χ2v) is 6.22. The van der Waals surface area contributed by atoms with Gasteiger partial charge in [-0.1, -0.05) is 18.6 Å².